The number of hydrogen-bond acceptors (Lipinski definition) is 3. The summed E-state index contributed by atoms with van der Waals surface area (Å²) in [7, 11) is 1.72. The van der Waals surface area contributed by atoms with Crippen LogP contribution in [0.2, 0.25) is 0 Å². The van der Waals surface area contributed by atoms with Gasteiger partial charge in [-0.1, -0.05) is 30.7 Å². The summed E-state index contributed by atoms with van der Waals surface area (Å²) in [5.74, 6) is 0. The molecule has 0 bridgehead atoms. The zero-order valence-corrected chi connectivity index (χ0v) is 14.8. The molecular formula is C18H20BrN3O. The van der Waals surface area contributed by atoms with Gasteiger partial charge in [0.15, 0.2) is 0 Å². The van der Waals surface area contributed by atoms with Crippen molar-refractivity contribution in [3.05, 3.63) is 63.1 Å². The molecule has 2 aromatic rings. The molecule has 1 atom stereocenters. The van der Waals surface area contributed by atoms with E-state index in [1.807, 2.05) is 12.1 Å². The van der Waals surface area contributed by atoms with E-state index in [2.05, 4.69) is 28.5 Å². The minimum absolute atomic E-state index is 0. The second-order valence-electron chi connectivity index (χ2n) is 6.09. The lowest BCUT2D eigenvalue weighted by Crippen LogP contribution is -2.47. The van der Waals surface area contributed by atoms with E-state index < -0.39 is 0 Å². The number of hydrogen-bond donors (Lipinski definition) is 1. The predicted octanol–water partition coefficient (Wildman–Crippen LogP) is 1.21. The van der Waals surface area contributed by atoms with Gasteiger partial charge in [0, 0.05) is 24.5 Å². The number of aryl methyl sites for hydroxylation is 1. The molecular weight excluding hydrogens is 354 g/mol. The standard InChI is InChI=1S/C18H19N3O.BrH/c1-21-11-10-16(20-18(21)22)17-14-8-3-2-6-12(14)13-7-4-5-9-15(13)19-17;/h2-3,6,8,10-11,15,19H,4-5,7,9H2,1H3;1H. The van der Waals surface area contributed by atoms with E-state index in [0.29, 0.717) is 6.04 Å². The second-order valence-corrected chi connectivity index (χ2v) is 6.09. The molecule has 0 amide bonds. The number of benzene rings is 1. The van der Waals surface area contributed by atoms with Gasteiger partial charge < -0.3 is 9.88 Å². The Bertz CT molecular complexity index is 916. The second kappa shape index (κ2) is 6.32. The van der Waals surface area contributed by atoms with Crippen LogP contribution in [0.25, 0.3) is 11.3 Å². The van der Waals surface area contributed by atoms with Crippen LogP contribution in [0, 0.1) is 0 Å². The van der Waals surface area contributed by atoms with Crippen LogP contribution in [-0.4, -0.2) is 15.6 Å². The van der Waals surface area contributed by atoms with Crippen molar-refractivity contribution in [1.82, 2.24) is 14.9 Å². The molecule has 0 radical (unpaired) electrons. The molecule has 120 valence electrons. The molecule has 0 spiro atoms. The summed E-state index contributed by atoms with van der Waals surface area (Å²) >= 11 is 0. The van der Waals surface area contributed by atoms with Crippen LogP contribution in [0.1, 0.15) is 31.4 Å². The number of halogens is 1. The molecule has 1 aromatic carbocycles. The Morgan fingerprint density at radius 3 is 2.74 bits per heavy atom. The Labute approximate surface area is 145 Å². The number of nitrogens with zero attached hydrogens (tertiary/aromatic N) is 2. The highest BCUT2D eigenvalue weighted by Crippen LogP contribution is 2.26. The first kappa shape index (κ1) is 16.0. The summed E-state index contributed by atoms with van der Waals surface area (Å²) in [6.45, 7) is 0. The van der Waals surface area contributed by atoms with Crippen molar-refractivity contribution in [3.63, 3.8) is 0 Å². The molecule has 5 heteroatoms. The van der Waals surface area contributed by atoms with Gasteiger partial charge in [-0.3, -0.25) is 0 Å². The molecule has 2 aliphatic rings. The van der Waals surface area contributed by atoms with Crippen LogP contribution in [0.4, 0.5) is 0 Å². The van der Waals surface area contributed by atoms with Crippen molar-refractivity contribution in [2.24, 2.45) is 7.05 Å². The molecule has 1 aliphatic heterocycles. The molecule has 2 heterocycles. The maximum Gasteiger partial charge on any atom is 0.347 e. The predicted molar refractivity (Wildman–Crippen MR) is 96.8 cm³/mol. The van der Waals surface area contributed by atoms with Crippen LogP contribution in [0.5, 0.6) is 0 Å². The van der Waals surface area contributed by atoms with Crippen LogP contribution in [-0.2, 0) is 7.05 Å². The molecule has 4 rings (SSSR count). The fraction of sp³-hybridized carbons (Fsp3) is 0.333. The lowest BCUT2D eigenvalue weighted by molar-refractivity contribution is 0.538. The summed E-state index contributed by atoms with van der Waals surface area (Å²) in [5.41, 5.74) is 3.02. The van der Waals surface area contributed by atoms with E-state index in [9.17, 15) is 4.79 Å². The topological polar surface area (TPSA) is 46.9 Å². The summed E-state index contributed by atoms with van der Waals surface area (Å²) < 4.78 is 1.50. The van der Waals surface area contributed by atoms with Crippen molar-refractivity contribution in [2.75, 3.05) is 0 Å². The fourth-order valence-electron chi connectivity index (χ4n) is 3.54. The number of rotatable bonds is 1. The Balaban J connectivity index is 0.00000156. The van der Waals surface area contributed by atoms with E-state index in [0.717, 1.165) is 29.5 Å². The Morgan fingerprint density at radius 1 is 1.17 bits per heavy atom. The monoisotopic (exact) mass is 373 g/mol. The highest BCUT2D eigenvalue weighted by atomic mass is 79.9. The third kappa shape index (κ3) is 2.74. The SMILES string of the molecule is Br.Cn1ccc(C2=c3ccccc3=C3CCCCC3N2)nc1=O. The van der Waals surface area contributed by atoms with E-state index in [4.69, 9.17) is 0 Å². The zero-order chi connectivity index (χ0) is 15.1. The van der Waals surface area contributed by atoms with Crippen molar-refractivity contribution in [1.29, 1.82) is 0 Å². The molecule has 1 fully saturated rings. The lowest BCUT2D eigenvalue weighted by Gasteiger charge is -2.31. The number of nitrogens with one attached hydrogen (secondary N) is 1. The summed E-state index contributed by atoms with van der Waals surface area (Å²) in [4.78, 5) is 16.1. The van der Waals surface area contributed by atoms with Gasteiger partial charge in [-0.25, -0.2) is 4.79 Å². The van der Waals surface area contributed by atoms with Crippen LogP contribution in [0.15, 0.2) is 41.3 Å². The van der Waals surface area contributed by atoms with Gasteiger partial charge in [-0.05, 0) is 36.1 Å². The van der Waals surface area contributed by atoms with E-state index >= 15 is 0 Å². The zero-order valence-electron chi connectivity index (χ0n) is 13.1. The molecule has 1 unspecified atom stereocenters. The quantitative estimate of drug-likeness (QED) is 0.817. The highest BCUT2D eigenvalue weighted by molar-refractivity contribution is 8.93. The molecule has 23 heavy (non-hydrogen) atoms. The van der Waals surface area contributed by atoms with Gasteiger partial charge in [0.2, 0.25) is 0 Å². The van der Waals surface area contributed by atoms with E-state index in [1.54, 1.807) is 13.2 Å². The Morgan fingerprint density at radius 2 is 1.96 bits per heavy atom. The third-order valence-corrected chi connectivity index (χ3v) is 4.70. The molecule has 1 saturated carbocycles. The van der Waals surface area contributed by atoms with Crippen LogP contribution in [0.3, 0.4) is 0 Å². The smallest absolute Gasteiger partial charge is 0.347 e. The van der Waals surface area contributed by atoms with Crippen LogP contribution >= 0.6 is 17.0 Å². The first-order valence-corrected chi connectivity index (χ1v) is 7.87. The highest BCUT2D eigenvalue weighted by Gasteiger charge is 2.24. The van der Waals surface area contributed by atoms with Crippen molar-refractivity contribution in [2.45, 2.75) is 31.7 Å². The molecule has 1 N–H and O–H groups in total. The van der Waals surface area contributed by atoms with Gasteiger partial charge in [-0.15, -0.1) is 17.0 Å². The molecule has 1 aliphatic carbocycles. The molecule has 4 nitrogen and oxygen atoms in total. The maximum absolute atomic E-state index is 11.9. The number of fused-ring (bicyclic) bond motifs is 2. The largest absolute Gasteiger partial charge is 0.376 e. The lowest BCUT2D eigenvalue weighted by atomic mass is 9.85. The molecule has 0 saturated heterocycles. The van der Waals surface area contributed by atoms with Gasteiger partial charge >= 0.3 is 5.69 Å². The van der Waals surface area contributed by atoms with Crippen molar-refractivity contribution in [3.8, 4) is 0 Å². The van der Waals surface area contributed by atoms with Crippen molar-refractivity contribution < 1.29 is 0 Å². The summed E-state index contributed by atoms with van der Waals surface area (Å²) in [5, 5.41) is 6.13. The average Bonchev–Trinajstić information content (AvgIpc) is 2.57. The Hall–Kier alpha value is -1.88. The van der Waals surface area contributed by atoms with Gasteiger partial charge in [0.25, 0.3) is 0 Å². The summed E-state index contributed by atoms with van der Waals surface area (Å²) in [6.07, 6.45) is 6.61. The Kier molecular flexibility index (Phi) is 4.39. The van der Waals surface area contributed by atoms with Crippen LogP contribution < -0.4 is 21.4 Å². The third-order valence-electron chi connectivity index (χ3n) is 4.70. The maximum atomic E-state index is 11.9. The fourth-order valence-corrected chi connectivity index (χ4v) is 3.54. The number of aromatic nitrogens is 2. The minimum Gasteiger partial charge on any atom is -0.376 e. The average molecular weight is 374 g/mol. The first-order chi connectivity index (χ1) is 10.7. The summed E-state index contributed by atoms with van der Waals surface area (Å²) in [6, 6.07) is 10.8. The van der Waals surface area contributed by atoms with Gasteiger partial charge in [0.1, 0.15) is 0 Å². The first-order valence-electron chi connectivity index (χ1n) is 7.87. The van der Waals surface area contributed by atoms with Gasteiger partial charge in [-0.2, -0.15) is 4.98 Å². The van der Waals surface area contributed by atoms with E-state index in [-0.39, 0.29) is 22.7 Å². The van der Waals surface area contributed by atoms with E-state index in [1.165, 1.54) is 28.2 Å². The van der Waals surface area contributed by atoms with Gasteiger partial charge in [0.05, 0.1) is 11.4 Å². The van der Waals surface area contributed by atoms with Crippen molar-refractivity contribution >= 4 is 28.3 Å². The molecule has 1 aromatic heterocycles. The normalized spacial score (nSPS) is 19.3. The minimum atomic E-state index is -0.220.